The molecule has 5 nitrogen and oxygen atoms in total. The Labute approximate surface area is 173 Å². The number of ether oxygens (including phenoxy) is 2. The van der Waals surface area contributed by atoms with Gasteiger partial charge < -0.3 is 14.4 Å². The molecule has 1 atom stereocenters. The van der Waals surface area contributed by atoms with Gasteiger partial charge in [-0.3, -0.25) is 9.78 Å². The number of halogens is 2. The lowest BCUT2D eigenvalue weighted by Crippen LogP contribution is -2.39. The van der Waals surface area contributed by atoms with E-state index >= 15 is 0 Å². The minimum absolute atomic E-state index is 0.0229. The Morgan fingerprint density at radius 1 is 1.10 bits per heavy atom. The Kier molecular flexibility index (Phi) is 7.08. The maximum absolute atomic E-state index is 14.5. The molecule has 0 N–H and O–H groups in total. The van der Waals surface area contributed by atoms with E-state index in [2.05, 4.69) is 4.98 Å². The summed E-state index contributed by atoms with van der Waals surface area (Å²) >= 11 is 0. The minimum Gasteiger partial charge on any atom is -0.497 e. The highest BCUT2D eigenvalue weighted by Crippen LogP contribution is 2.24. The van der Waals surface area contributed by atoms with Crippen LogP contribution in [0, 0.1) is 11.6 Å². The Morgan fingerprint density at radius 3 is 2.63 bits per heavy atom. The quantitative estimate of drug-likeness (QED) is 0.546. The summed E-state index contributed by atoms with van der Waals surface area (Å²) in [6, 6.07) is 15.6. The molecule has 0 saturated carbocycles. The van der Waals surface area contributed by atoms with Crippen molar-refractivity contribution in [3.63, 3.8) is 0 Å². The smallest absolute Gasteiger partial charge is 0.256 e. The van der Waals surface area contributed by atoms with Gasteiger partial charge in [0.1, 0.15) is 23.5 Å². The molecule has 1 aromatic heterocycles. The van der Waals surface area contributed by atoms with Crippen molar-refractivity contribution in [3.05, 3.63) is 89.8 Å². The highest BCUT2D eigenvalue weighted by atomic mass is 19.1. The van der Waals surface area contributed by atoms with Crippen LogP contribution < -0.4 is 9.64 Å². The molecule has 2 aromatic carbocycles. The van der Waals surface area contributed by atoms with Gasteiger partial charge in [-0.1, -0.05) is 18.2 Å². The third-order valence-electron chi connectivity index (χ3n) is 4.49. The fourth-order valence-electron chi connectivity index (χ4n) is 2.91. The summed E-state index contributed by atoms with van der Waals surface area (Å²) in [5.41, 5.74) is 1.36. The molecule has 156 valence electrons. The lowest BCUT2D eigenvalue weighted by atomic mass is 10.2. The van der Waals surface area contributed by atoms with E-state index in [0.717, 1.165) is 17.7 Å². The van der Waals surface area contributed by atoms with Crippen LogP contribution in [-0.4, -0.2) is 24.1 Å². The number of aromatic nitrogens is 1. The highest BCUT2D eigenvalue weighted by Gasteiger charge is 2.26. The van der Waals surface area contributed by atoms with Gasteiger partial charge in [-0.25, -0.2) is 8.78 Å². The second-order valence-corrected chi connectivity index (χ2v) is 6.65. The first-order valence-electron chi connectivity index (χ1n) is 9.39. The molecule has 0 aliphatic heterocycles. The van der Waals surface area contributed by atoms with Gasteiger partial charge in [-0.2, -0.15) is 0 Å². The Morgan fingerprint density at radius 2 is 1.93 bits per heavy atom. The molecule has 3 rings (SSSR count). The maximum atomic E-state index is 14.5. The molecule has 1 unspecified atom stereocenters. The standard InChI is InChI=1S/C23H22F2N2O3/c1-16(30-15-17-6-5-8-20(12-17)29-2)23(28)27(14-19-7-3-4-11-26-19)22-10-9-18(24)13-21(22)25/h3-13,16H,14-15H2,1-2H3. The van der Waals surface area contributed by atoms with Crippen LogP contribution >= 0.6 is 0 Å². The second kappa shape index (κ2) is 9.93. The molecule has 3 aromatic rings. The van der Waals surface area contributed by atoms with Crippen LogP contribution in [0.4, 0.5) is 14.5 Å². The van der Waals surface area contributed by atoms with Gasteiger partial charge >= 0.3 is 0 Å². The van der Waals surface area contributed by atoms with Crippen LogP contribution in [0.5, 0.6) is 5.75 Å². The molecule has 7 heteroatoms. The first kappa shape index (κ1) is 21.4. The number of benzene rings is 2. The van der Waals surface area contributed by atoms with E-state index in [1.807, 2.05) is 24.3 Å². The molecule has 0 radical (unpaired) electrons. The third kappa shape index (κ3) is 5.39. The van der Waals surface area contributed by atoms with Crippen LogP contribution in [-0.2, 0) is 22.7 Å². The van der Waals surface area contributed by atoms with Crippen molar-refractivity contribution in [2.45, 2.75) is 26.2 Å². The lowest BCUT2D eigenvalue weighted by Gasteiger charge is -2.26. The zero-order valence-corrected chi connectivity index (χ0v) is 16.7. The number of anilines is 1. The van der Waals surface area contributed by atoms with E-state index in [1.165, 1.54) is 11.0 Å². The molecule has 0 saturated heterocycles. The van der Waals surface area contributed by atoms with Gasteiger partial charge in [0.25, 0.3) is 5.91 Å². The summed E-state index contributed by atoms with van der Waals surface area (Å²) in [4.78, 5) is 18.5. The van der Waals surface area contributed by atoms with E-state index < -0.39 is 23.6 Å². The first-order valence-corrected chi connectivity index (χ1v) is 9.39. The van der Waals surface area contributed by atoms with Crippen molar-refractivity contribution in [3.8, 4) is 5.75 Å². The number of carbonyl (C=O) groups is 1. The predicted octanol–water partition coefficient (Wildman–Crippen LogP) is 4.51. The Hall–Kier alpha value is -3.32. The molecule has 0 fully saturated rings. The molecular formula is C23H22F2N2O3. The molecular weight excluding hydrogens is 390 g/mol. The number of pyridine rings is 1. The highest BCUT2D eigenvalue weighted by molar-refractivity contribution is 5.96. The average Bonchev–Trinajstić information content (AvgIpc) is 2.76. The zero-order valence-electron chi connectivity index (χ0n) is 16.7. The first-order chi connectivity index (χ1) is 14.5. The second-order valence-electron chi connectivity index (χ2n) is 6.65. The summed E-state index contributed by atoms with van der Waals surface area (Å²) in [6.07, 6.45) is 0.714. The topological polar surface area (TPSA) is 51.7 Å². The van der Waals surface area contributed by atoms with E-state index in [1.54, 1.807) is 38.4 Å². The molecule has 1 heterocycles. The molecule has 0 aliphatic carbocycles. The zero-order chi connectivity index (χ0) is 21.5. The van der Waals surface area contributed by atoms with Crippen LogP contribution in [0.2, 0.25) is 0 Å². The van der Waals surface area contributed by atoms with Crippen molar-refractivity contribution in [1.29, 1.82) is 0 Å². The van der Waals surface area contributed by atoms with Crippen LogP contribution in [0.15, 0.2) is 66.9 Å². The molecule has 0 spiro atoms. The van der Waals surface area contributed by atoms with Gasteiger partial charge in [-0.05, 0) is 48.9 Å². The summed E-state index contributed by atoms with van der Waals surface area (Å²) in [7, 11) is 1.57. The Bertz CT molecular complexity index is 999. The van der Waals surface area contributed by atoms with Gasteiger partial charge in [0.2, 0.25) is 0 Å². The number of carbonyl (C=O) groups excluding carboxylic acids is 1. The van der Waals surface area contributed by atoms with E-state index in [4.69, 9.17) is 9.47 Å². The number of methoxy groups -OCH3 is 1. The Balaban J connectivity index is 1.79. The summed E-state index contributed by atoms with van der Waals surface area (Å²) in [5, 5.41) is 0. The largest absolute Gasteiger partial charge is 0.497 e. The van der Waals surface area contributed by atoms with Gasteiger partial charge in [-0.15, -0.1) is 0 Å². The van der Waals surface area contributed by atoms with Crippen LogP contribution in [0.25, 0.3) is 0 Å². The monoisotopic (exact) mass is 412 g/mol. The fraction of sp³-hybridized carbons (Fsp3) is 0.217. The number of nitrogens with zero attached hydrogens (tertiary/aromatic N) is 2. The average molecular weight is 412 g/mol. The normalized spacial score (nSPS) is 11.7. The van der Waals surface area contributed by atoms with Crippen LogP contribution in [0.3, 0.4) is 0 Å². The van der Waals surface area contributed by atoms with E-state index in [-0.39, 0.29) is 18.8 Å². The minimum atomic E-state index is -0.871. The number of rotatable bonds is 8. The van der Waals surface area contributed by atoms with Crippen molar-refractivity contribution >= 4 is 11.6 Å². The molecule has 0 aliphatic rings. The van der Waals surface area contributed by atoms with Gasteiger partial charge in [0, 0.05) is 12.3 Å². The molecule has 30 heavy (non-hydrogen) atoms. The molecule has 1 amide bonds. The van der Waals surface area contributed by atoms with Crippen molar-refractivity contribution in [2.24, 2.45) is 0 Å². The lowest BCUT2D eigenvalue weighted by molar-refractivity contribution is -0.129. The fourth-order valence-corrected chi connectivity index (χ4v) is 2.91. The predicted molar refractivity (Wildman–Crippen MR) is 109 cm³/mol. The van der Waals surface area contributed by atoms with Crippen molar-refractivity contribution in [1.82, 2.24) is 4.98 Å². The SMILES string of the molecule is COc1cccc(COC(C)C(=O)N(Cc2ccccn2)c2ccc(F)cc2F)c1. The van der Waals surface area contributed by atoms with E-state index in [9.17, 15) is 13.6 Å². The van der Waals surface area contributed by atoms with Crippen molar-refractivity contribution < 1.29 is 23.0 Å². The van der Waals surface area contributed by atoms with Gasteiger partial charge in [0.05, 0.1) is 31.6 Å². The summed E-state index contributed by atoms with van der Waals surface area (Å²) in [5.74, 6) is -1.34. The van der Waals surface area contributed by atoms with Crippen molar-refractivity contribution in [2.75, 3.05) is 12.0 Å². The van der Waals surface area contributed by atoms with Crippen LogP contribution in [0.1, 0.15) is 18.2 Å². The maximum Gasteiger partial charge on any atom is 0.256 e. The molecule has 0 bridgehead atoms. The number of amides is 1. The summed E-state index contributed by atoms with van der Waals surface area (Å²) < 4.78 is 38.7. The number of hydrogen-bond acceptors (Lipinski definition) is 4. The summed E-state index contributed by atoms with van der Waals surface area (Å²) in [6.45, 7) is 1.79. The third-order valence-corrected chi connectivity index (χ3v) is 4.49. The van der Waals surface area contributed by atoms with E-state index in [0.29, 0.717) is 11.4 Å². The van der Waals surface area contributed by atoms with Gasteiger partial charge in [0.15, 0.2) is 0 Å². The number of hydrogen-bond donors (Lipinski definition) is 0.